The van der Waals surface area contributed by atoms with Gasteiger partial charge in [0.1, 0.15) is 68.5 Å². The lowest BCUT2D eigenvalue weighted by Gasteiger charge is -2.46. The van der Waals surface area contributed by atoms with Gasteiger partial charge in [-0.15, -0.1) is 0 Å². The maximum absolute atomic E-state index is 13.7. The molecule has 9 atom stereocenters. The smallest absolute Gasteiger partial charge is 0.255 e. The number of phenolic OH excluding ortho intramolecular Hbond substituents is 3. The lowest BCUT2D eigenvalue weighted by molar-refractivity contribution is -0.148. The van der Waals surface area contributed by atoms with Crippen LogP contribution in [0.5, 0.6) is 17.2 Å². The van der Waals surface area contributed by atoms with E-state index in [0.717, 1.165) is 72.8 Å². The van der Waals surface area contributed by atoms with Crippen LogP contribution in [0.25, 0.3) is 39.5 Å². The van der Waals surface area contributed by atoms with E-state index >= 15 is 0 Å². The van der Waals surface area contributed by atoms with E-state index < -0.39 is 156 Å². The third-order valence-electron chi connectivity index (χ3n) is 24.6. The zero-order chi connectivity index (χ0) is 84.0. The average molecular weight is 1600 g/mol. The molecule has 0 bridgehead atoms. The number of morpholine rings is 1. The van der Waals surface area contributed by atoms with Gasteiger partial charge in [0.25, 0.3) is 17.7 Å². The summed E-state index contributed by atoms with van der Waals surface area (Å²) in [5.41, 5.74) is 21.2. The number of benzene rings is 7. The fraction of sp³-hybridized carbons (Fsp3) is 0.278. The van der Waals surface area contributed by atoms with Crippen LogP contribution in [-0.4, -0.2) is 162 Å². The Labute approximate surface area is 673 Å². The van der Waals surface area contributed by atoms with Crippen molar-refractivity contribution in [3.63, 3.8) is 0 Å². The summed E-state index contributed by atoms with van der Waals surface area (Å²) in [7, 11) is 0. The highest BCUT2D eigenvalue weighted by Gasteiger charge is 2.64. The summed E-state index contributed by atoms with van der Waals surface area (Å²) >= 11 is 0. The Morgan fingerprint density at radius 3 is 1.19 bits per heavy atom. The van der Waals surface area contributed by atoms with E-state index in [0.29, 0.717) is 40.0 Å². The van der Waals surface area contributed by atoms with Crippen LogP contribution in [0, 0.1) is 47.3 Å². The van der Waals surface area contributed by atoms with Crippen molar-refractivity contribution in [2.75, 3.05) is 32.0 Å². The standard InChI is InChI=1S/C33H30N2O7.C30H30N2O8.C27H22N2O7/c34-32(41)28-25(37)14-21-12-20-13-23-22(19-8-6-18(7-9-19)16-35-15-17-4-2-1-3-5-17)10-11-24(36)27(23)29(38)26(20)30(39)33(21,42)31(28)40;31-29(38)25-22(34)13-18-11-17-12-20-19(16-3-1-15(2-4-16)14-32-7-9-40-10-8-32)5-6-21(33)24(20)26(35)23(17)27(36)30(18,39)28(25)37;28-16-6-2-12(3-7-16)1-4-13-5-8-18(30)21-17(13)10-14-9-15-11-19(31)22(26(29)35)25(34)27(15,36)24(33)20(14)23(21)32/h1-11,20-21,35-36,38,40,42H,12-16H2,(H2,34,41);1-6,17-18,33,35,37,39H,7-14H2,(H2,31,38);2-3,5-8,14-15,30,32,34,36H,9-11,28H2,(H2,29,35)/t20-,21+,33+;17-,18+,30+;14-,15+,27+/m111/s1. The van der Waals surface area contributed by atoms with E-state index in [1.54, 1.807) is 42.5 Å². The van der Waals surface area contributed by atoms with Crippen LogP contribution in [0.3, 0.4) is 0 Å². The van der Waals surface area contributed by atoms with Crippen molar-refractivity contribution in [2.45, 2.75) is 94.2 Å². The lowest BCUT2D eigenvalue weighted by atomic mass is 9.59. The van der Waals surface area contributed by atoms with Crippen molar-refractivity contribution < 1.29 is 109 Å². The number of fused-ring (bicyclic) bond motifs is 9. The van der Waals surface area contributed by atoms with E-state index in [9.17, 15) is 104 Å². The first-order chi connectivity index (χ1) is 56.2. The van der Waals surface area contributed by atoms with Gasteiger partial charge in [-0.3, -0.25) is 48.1 Å². The molecule has 118 heavy (non-hydrogen) atoms. The number of carbonyl (C=O) groups is 9. The number of amides is 3. The summed E-state index contributed by atoms with van der Waals surface area (Å²) in [5.74, 6) is -13.3. The number of Topliss-reactive ketones (excluding diaryl/α,β-unsaturated/α-hetero) is 6. The Balaban J connectivity index is 0.000000139. The predicted octanol–water partition coefficient (Wildman–Crippen LogP) is 6.71. The Bertz CT molecular complexity index is 5800. The zero-order valence-electron chi connectivity index (χ0n) is 63.3. The molecular weight excluding hydrogens is 1520 g/mol. The number of nitrogens with two attached hydrogens (primary N) is 4. The molecule has 0 unspecified atom stereocenters. The fourth-order valence-electron chi connectivity index (χ4n) is 18.8. The molecule has 28 nitrogen and oxygen atoms in total. The maximum atomic E-state index is 13.7. The molecule has 1 saturated heterocycles. The van der Waals surface area contributed by atoms with Gasteiger partial charge >= 0.3 is 0 Å². The number of nitrogens with zero attached hydrogens (tertiary/aromatic N) is 1. The zero-order valence-corrected chi connectivity index (χ0v) is 63.3. The van der Waals surface area contributed by atoms with Gasteiger partial charge in [0.05, 0.1) is 29.9 Å². The van der Waals surface area contributed by atoms with Crippen molar-refractivity contribution in [3.8, 4) is 51.3 Å². The van der Waals surface area contributed by atoms with Crippen molar-refractivity contribution in [3.05, 3.63) is 251 Å². The molecule has 4 fully saturated rings. The lowest BCUT2D eigenvalue weighted by Crippen LogP contribution is -2.58. The van der Waals surface area contributed by atoms with Gasteiger partial charge in [0.2, 0.25) is 17.3 Å². The Morgan fingerprint density at radius 2 is 0.797 bits per heavy atom. The van der Waals surface area contributed by atoms with E-state index in [-0.39, 0.29) is 108 Å². The number of primary amides is 3. The van der Waals surface area contributed by atoms with Gasteiger partial charge < -0.3 is 94.3 Å². The number of carbonyl (C=O) groups excluding carboxylic acids is 9. The molecule has 21 N–H and O–H groups in total. The first kappa shape index (κ1) is 79.9. The number of hydrogen-bond donors (Lipinski definition) is 17. The van der Waals surface area contributed by atoms with E-state index in [2.05, 4.69) is 34.2 Å². The van der Waals surface area contributed by atoms with Crippen LogP contribution in [-0.2, 0) is 86.8 Å². The number of aromatic hydroxyl groups is 3. The number of anilines is 1. The highest BCUT2D eigenvalue weighted by atomic mass is 16.5. The molecule has 0 aromatic heterocycles. The van der Waals surface area contributed by atoms with Crippen molar-refractivity contribution >= 4 is 75.4 Å². The number of phenols is 3. The number of nitrogens with one attached hydrogen (secondary N) is 1. The van der Waals surface area contributed by atoms with E-state index in [4.69, 9.17) is 27.7 Å². The maximum Gasteiger partial charge on any atom is 0.255 e. The first-order valence-electron chi connectivity index (χ1n) is 38.3. The molecule has 0 spiro atoms. The van der Waals surface area contributed by atoms with Gasteiger partial charge in [-0.2, -0.15) is 0 Å². The second-order valence-electron chi connectivity index (χ2n) is 31.4. The van der Waals surface area contributed by atoms with E-state index in [1.807, 2.05) is 66.7 Å². The van der Waals surface area contributed by atoms with Crippen LogP contribution in [0.1, 0.15) is 99.7 Å². The van der Waals surface area contributed by atoms with Crippen LogP contribution >= 0.6 is 0 Å². The highest BCUT2D eigenvalue weighted by Crippen LogP contribution is 2.57. The Morgan fingerprint density at radius 1 is 0.432 bits per heavy atom. The molecule has 7 aromatic rings. The average Bonchev–Trinajstić information content (AvgIpc) is 0.724. The minimum Gasteiger partial charge on any atom is -0.508 e. The normalized spacial score (nSPS) is 25.0. The molecule has 604 valence electrons. The molecule has 17 rings (SSSR count). The Hall–Kier alpha value is -13.3. The molecule has 3 saturated carbocycles. The van der Waals surface area contributed by atoms with Crippen molar-refractivity contribution in [1.29, 1.82) is 0 Å². The minimum absolute atomic E-state index is 0.00577. The molecule has 3 amide bonds. The number of nitrogen functional groups attached to an aromatic ring is 1. The summed E-state index contributed by atoms with van der Waals surface area (Å²) < 4.78 is 5.42. The molecular formula is C90H82N6O22. The summed E-state index contributed by atoms with van der Waals surface area (Å²) in [6, 6.07) is 42.4. The van der Waals surface area contributed by atoms with Gasteiger partial charge in [-0.1, -0.05) is 103 Å². The number of ketones is 6. The van der Waals surface area contributed by atoms with Crippen molar-refractivity contribution in [1.82, 2.24) is 10.2 Å². The molecule has 1 aliphatic heterocycles. The first-order valence-corrected chi connectivity index (χ1v) is 38.3. The van der Waals surface area contributed by atoms with Crippen molar-refractivity contribution in [2.24, 2.45) is 52.7 Å². The van der Waals surface area contributed by atoms with Crippen LogP contribution in [0.4, 0.5) is 5.69 Å². The largest absolute Gasteiger partial charge is 0.508 e. The number of rotatable bonds is 11. The number of ether oxygens (including phenoxy) is 1. The minimum atomic E-state index is -2.59. The summed E-state index contributed by atoms with van der Waals surface area (Å²) in [6.45, 7) is 5.39. The number of hydrogen-bond acceptors (Lipinski definition) is 25. The monoisotopic (exact) mass is 1600 g/mol. The third kappa shape index (κ3) is 13.5. The van der Waals surface area contributed by atoms with Crippen LogP contribution in [0.2, 0.25) is 0 Å². The summed E-state index contributed by atoms with van der Waals surface area (Å²) in [5, 5.41) is 135. The molecule has 7 aromatic carbocycles. The number of aliphatic hydroxyl groups excluding tert-OH is 6. The molecule has 0 radical (unpaired) electrons. The Kier molecular flexibility index (Phi) is 20.8. The molecule has 28 heteroatoms. The second-order valence-corrected chi connectivity index (χ2v) is 31.4. The number of aliphatic hydroxyl groups is 9. The van der Waals surface area contributed by atoms with Crippen LogP contribution < -0.4 is 28.3 Å². The second kappa shape index (κ2) is 30.7. The SMILES string of the molecule is NC(=O)C1=C(O)[C@@]2(O)C(=O)C3=C(O)c4c(O)ccc(-c5ccc(CN6CCOCC6)cc5)c4C[C@H]3C[C@H]2CC1=O.NC(=O)C1=C(O)[C@@]2(O)C(=O)C3=C(O)c4c(O)ccc(-c5ccc(CNCc6ccccc6)cc5)c4C[C@H]3C[C@H]2CC1=O.NC(=O)C1=C(O)[C@@]2(O)C(=O)C3=C(O)c4c(O)ccc(C#Cc5ccc(N)cc5)c4C[C@H]3C[C@H]2CC1=O. The predicted molar refractivity (Wildman–Crippen MR) is 425 cm³/mol. The molecule has 1 heterocycles. The summed E-state index contributed by atoms with van der Waals surface area (Å²) in [6.07, 6.45) is -0.134. The van der Waals surface area contributed by atoms with E-state index in [1.165, 1.54) is 23.8 Å². The fourth-order valence-corrected chi connectivity index (χ4v) is 18.8. The van der Waals surface area contributed by atoms with Gasteiger partial charge in [0.15, 0.2) is 34.2 Å². The van der Waals surface area contributed by atoms with Crippen LogP contribution in [0.15, 0.2) is 190 Å². The molecule has 9 aliphatic carbocycles. The third-order valence-corrected chi connectivity index (χ3v) is 24.6. The van der Waals surface area contributed by atoms with Gasteiger partial charge in [0, 0.05) is 103 Å². The quantitative estimate of drug-likeness (QED) is 0.0363. The summed E-state index contributed by atoms with van der Waals surface area (Å²) in [4.78, 5) is 116. The van der Waals surface area contributed by atoms with Gasteiger partial charge in [-0.05, 0) is 160 Å². The highest BCUT2D eigenvalue weighted by molar-refractivity contribution is 6.25. The molecule has 10 aliphatic rings. The topological polar surface area (TPSA) is 525 Å². The van der Waals surface area contributed by atoms with Gasteiger partial charge in [-0.25, -0.2) is 0 Å².